The number of nitrogens with zero attached hydrogens (tertiary/aromatic N) is 1. The van der Waals surface area contributed by atoms with Crippen molar-refractivity contribution in [3.05, 3.63) is 0 Å². The van der Waals surface area contributed by atoms with Gasteiger partial charge in [-0.25, -0.2) is 8.42 Å². The zero-order valence-electron chi connectivity index (χ0n) is 8.77. The fraction of sp³-hybridized carbons (Fsp3) is 0.875. The first kappa shape index (κ1) is 11.5. The van der Waals surface area contributed by atoms with E-state index in [1.54, 1.807) is 20.8 Å². The van der Waals surface area contributed by atoms with Gasteiger partial charge in [-0.05, 0) is 27.7 Å². The standard InChI is InChI=1S/C8H15NO4S/c1-6-7(10)13-5-9(6)14(11,12)8(2,3)4/h6H,5H2,1-4H3. The summed E-state index contributed by atoms with van der Waals surface area (Å²) in [7, 11) is -3.47. The molecule has 0 bridgehead atoms. The van der Waals surface area contributed by atoms with Crippen molar-refractivity contribution in [1.82, 2.24) is 4.31 Å². The SMILES string of the molecule is CC1C(=O)OCN1S(=O)(=O)C(C)(C)C. The largest absolute Gasteiger partial charge is 0.447 e. The molecule has 0 aliphatic carbocycles. The maximum absolute atomic E-state index is 11.9. The van der Waals surface area contributed by atoms with E-state index in [0.29, 0.717) is 0 Å². The van der Waals surface area contributed by atoms with Crippen LogP contribution in [0.3, 0.4) is 0 Å². The molecule has 1 atom stereocenters. The van der Waals surface area contributed by atoms with Gasteiger partial charge in [-0.2, -0.15) is 4.31 Å². The summed E-state index contributed by atoms with van der Waals surface area (Å²) in [5.41, 5.74) is 0. The van der Waals surface area contributed by atoms with Crippen LogP contribution in [0, 0.1) is 0 Å². The molecule has 14 heavy (non-hydrogen) atoms. The molecule has 1 fully saturated rings. The van der Waals surface area contributed by atoms with E-state index >= 15 is 0 Å². The van der Waals surface area contributed by atoms with Crippen LogP contribution < -0.4 is 0 Å². The Hall–Kier alpha value is -0.620. The van der Waals surface area contributed by atoms with Gasteiger partial charge in [0.25, 0.3) is 0 Å². The van der Waals surface area contributed by atoms with Gasteiger partial charge in [0.15, 0.2) is 6.73 Å². The van der Waals surface area contributed by atoms with Gasteiger partial charge in [-0.1, -0.05) is 0 Å². The molecule has 0 spiro atoms. The Kier molecular flexibility index (Phi) is 2.62. The quantitative estimate of drug-likeness (QED) is 0.598. The Bertz CT molecular complexity index is 341. The van der Waals surface area contributed by atoms with Crippen molar-refractivity contribution in [2.24, 2.45) is 0 Å². The highest BCUT2D eigenvalue weighted by Crippen LogP contribution is 2.25. The van der Waals surface area contributed by atoms with E-state index in [0.717, 1.165) is 4.31 Å². The molecular formula is C8H15NO4S. The summed E-state index contributed by atoms with van der Waals surface area (Å²) in [6, 6.07) is -0.709. The third-order valence-electron chi connectivity index (χ3n) is 2.19. The first-order valence-corrected chi connectivity index (χ1v) is 5.80. The van der Waals surface area contributed by atoms with Gasteiger partial charge >= 0.3 is 5.97 Å². The smallest absolute Gasteiger partial charge is 0.325 e. The van der Waals surface area contributed by atoms with E-state index < -0.39 is 26.8 Å². The van der Waals surface area contributed by atoms with Gasteiger partial charge in [-0.3, -0.25) is 4.79 Å². The normalized spacial score (nSPS) is 25.1. The fourth-order valence-electron chi connectivity index (χ4n) is 1.11. The number of carbonyl (C=O) groups excluding carboxylic acids is 1. The van der Waals surface area contributed by atoms with Crippen molar-refractivity contribution in [2.75, 3.05) is 6.73 Å². The van der Waals surface area contributed by atoms with Crippen LogP contribution in [0.1, 0.15) is 27.7 Å². The van der Waals surface area contributed by atoms with Crippen LogP contribution in [-0.4, -0.2) is 36.2 Å². The molecule has 82 valence electrons. The number of rotatable bonds is 1. The van der Waals surface area contributed by atoms with Crippen LogP contribution in [0.5, 0.6) is 0 Å². The first-order valence-electron chi connectivity index (χ1n) is 4.36. The van der Waals surface area contributed by atoms with Gasteiger partial charge in [0.1, 0.15) is 6.04 Å². The lowest BCUT2D eigenvalue weighted by Crippen LogP contribution is -2.45. The summed E-state index contributed by atoms with van der Waals surface area (Å²) < 4.78 is 28.7. The summed E-state index contributed by atoms with van der Waals surface area (Å²) >= 11 is 0. The highest BCUT2D eigenvalue weighted by atomic mass is 32.2. The molecule has 1 unspecified atom stereocenters. The number of sulfonamides is 1. The minimum Gasteiger partial charge on any atom is -0.447 e. The predicted molar refractivity (Wildman–Crippen MR) is 50.9 cm³/mol. The lowest BCUT2D eigenvalue weighted by molar-refractivity contribution is -0.138. The molecule has 0 aromatic heterocycles. The van der Waals surface area contributed by atoms with Crippen LogP contribution in [0.15, 0.2) is 0 Å². The van der Waals surface area contributed by atoms with Gasteiger partial charge < -0.3 is 4.74 Å². The maximum atomic E-state index is 11.9. The van der Waals surface area contributed by atoms with Crippen LogP contribution in [0.4, 0.5) is 0 Å². The summed E-state index contributed by atoms with van der Waals surface area (Å²) in [5.74, 6) is -0.488. The summed E-state index contributed by atoms with van der Waals surface area (Å²) in [5, 5.41) is 0. The number of carbonyl (C=O) groups is 1. The number of esters is 1. The minimum atomic E-state index is -3.47. The lowest BCUT2D eigenvalue weighted by atomic mass is 10.3. The summed E-state index contributed by atoms with van der Waals surface area (Å²) in [4.78, 5) is 11.0. The van der Waals surface area contributed by atoms with Crippen molar-refractivity contribution in [2.45, 2.75) is 38.5 Å². The fourth-order valence-corrected chi connectivity index (χ4v) is 2.50. The predicted octanol–water partition coefficient (Wildman–Crippen LogP) is 0.319. The van der Waals surface area contributed by atoms with Crippen molar-refractivity contribution >= 4 is 16.0 Å². The second-order valence-electron chi connectivity index (χ2n) is 4.27. The molecule has 5 nitrogen and oxygen atoms in total. The lowest BCUT2D eigenvalue weighted by Gasteiger charge is -2.26. The molecule has 1 saturated heterocycles. The zero-order chi connectivity index (χ0) is 11.1. The Morgan fingerprint density at radius 1 is 1.43 bits per heavy atom. The van der Waals surface area contributed by atoms with Crippen molar-refractivity contribution in [3.63, 3.8) is 0 Å². The molecule has 0 amide bonds. The third-order valence-corrected chi connectivity index (χ3v) is 4.78. The topological polar surface area (TPSA) is 63.7 Å². The number of ether oxygens (including phenoxy) is 1. The van der Waals surface area contributed by atoms with Gasteiger partial charge in [0.2, 0.25) is 10.0 Å². The van der Waals surface area contributed by atoms with E-state index in [1.165, 1.54) is 6.92 Å². The summed E-state index contributed by atoms with van der Waals surface area (Å²) in [6.07, 6.45) is 0. The molecule has 0 aromatic rings. The van der Waals surface area contributed by atoms with Crippen molar-refractivity contribution in [3.8, 4) is 0 Å². The van der Waals surface area contributed by atoms with Crippen LogP contribution >= 0.6 is 0 Å². The van der Waals surface area contributed by atoms with Crippen LogP contribution in [-0.2, 0) is 19.6 Å². The van der Waals surface area contributed by atoms with Crippen LogP contribution in [0.2, 0.25) is 0 Å². The molecule has 1 rings (SSSR count). The molecule has 1 heterocycles. The van der Waals surface area contributed by atoms with E-state index in [4.69, 9.17) is 0 Å². The van der Waals surface area contributed by atoms with Gasteiger partial charge in [0, 0.05) is 0 Å². The average Bonchev–Trinajstić information content (AvgIpc) is 2.30. The van der Waals surface area contributed by atoms with Gasteiger partial charge in [-0.15, -0.1) is 0 Å². The molecule has 0 saturated carbocycles. The molecule has 6 heteroatoms. The molecule has 0 aromatic carbocycles. The maximum Gasteiger partial charge on any atom is 0.325 e. The molecule has 1 aliphatic rings. The van der Waals surface area contributed by atoms with Crippen molar-refractivity contribution < 1.29 is 17.9 Å². The molecule has 0 radical (unpaired) electrons. The molecule has 1 aliphatic heterocycles. The second-order valence-corrected chi connectivity index (χ2v) is 6.92. The molecular weight excluding hydrogens is 206 g/mol. The van der Waals surface area contributed by atoms with E-state index in [-0.39, 0.29) is 6.73 Å². The number of hydrogen-bond acceptors (Lipinski definition) is 4. The minimum absolute atomic E-state index is 0.167. The second kappa shape index (κ2) is 3.20. The Morgan fingerprint density at radius 3 is 2.21 bits per heavy atom. The van der Waals surface area contributed by atoms with E-state index in [2.05, 4.69) is 4.74 Å². The molecule has 0 N–H and O–H groups in total. The highest BCUT2D eigenvalue weighted by Gasteiger charge is 2.44. The monoisotopic (exact) mass is 221 g/mol. The first-order chi connectivity index (χ1) is 6.18. The van der Waals surface area contributed by atoms with Gasteiger partial charge in [0.05, 0.1) is 4.75 Å². The Labute approximate surface area is 84.1 Å². The van der Waals surface area contributed by atoms with Crippen LogP contribution in [0.25, 0.3) is 0 Å². The van der Waals surface area contributed by atoms with Crippen molar-refractivity contribution in [1.29, 1.82) is 0 Å². The third kappa shape index (κ3) is 1.64. The average molecular weight is 221 g/mol. The number of cyclic esters (lactones) is 1. The Morgan fingerprint density at radius 2 is 1.93 bits per heavy atom. The summed E-state index contributed by atoms with van der Waals surface area (Å²) in [6.45, 7) is 6.14. The van der Waals surface area contributed by atoms with E-state index in [1.807, 2.05) is 0 Å². The highest BCUT2D eigenvalue weighted by molar-refractivity contribution is 7.90. The Balaban J connectivity index is 3.02. The number of hydrogen-bond donors (Lipinski definition) is 0. The van der Waals surface area contributed by atoms with E-state index in [9.17, 15) is 13.2 Å². The zero-order valence-corrected chi connectivity index (χ0v) is 9.59.